The van der Waals surface area contributed by atoms with Crippen molar-refractivity contribution in [1.29, 1.82) is 0 Å². The Kier molecular flexibility index (Phi) is 5.97. The highest BCUT2D eigenvalue weighted by atomic mass is 79.9. The van der Waals surface area contributed by atoms with E-state index >= 15 is 0 Å². The summed E-state index contributed by atoms with van der Waals surface area (Å²) >= 11 is 6.70. The molecule has 0 atom stereocenters. The monoisotopic (exact) mass is 363 g/mol. The van der Waals surface area contributed by atoms with Gasteiger partial charge in [0.05, 0.1) is 8.95 Å². The van der Waals surface area contributed by atoms with Crippen molar-refractivity contribution in [2.24, 2.45) is 5.92 Å². The van der Waals surface area contributed by atoms with Gasteiger partial charge in [-0.05, 0) is 75.5 Å². The molecule has 0 heterocycles. The lowest BCUT2D eigenvalue weighted by Gasteiger charge is -2.18. The van der Waals surface area contributed by atoms with Crippen LogP contribution in [0.2, 0.25) is 0 Å². The van der Waals surface area contributed by atoms with Crippen LogP contribution in [0, 0.1) is 5.92 Å². The standard InChI is InChI=1S/C13H19Br2NO/c1-9(2)4-5-16(3)8-10-6-11(14)13(17)12(15)7-10/h6-7,9,17H,4-5,8H2,1-3H3. The van der Waals surface area contributed by atoms with E-state index in [2.05, 4.69) is 57.7 Å². The summed E-state index contributed by atoms with van der Waals surface area (Å²) in [5.74, 6) is 0.995. The topological polar surface area (TPSA) is 23.5 Å². The zero-order valence-electron chi connectivity index (χ0n) is 10.5. The molecule has 0 saturated carbocycles. The average Bonchev–Trinajstić information content (AvgIpc) is 2.23. The molecule has 0 saturated heterocycles. The van der Waals surface area contributed by atoms with Crippen LogP contribution in [0.25, 0.3) is 0 Å². The van der Waals surface area contributed by atoms with Crippen molar-refractivity contribution < 1.29 is 5.11 Å². The molecule has 0 spiro atoms. The van der Waals surface area contributed by atoms with E-state index in [1.807, 2.05) is 12.1 Å². The minimum atomic E-state index is 0.263. The number of rotatable bonds is 5. The molecule has 0 bridgehead atoms. The number of nitrogens with zero attached hydrogens (tertiary/aromatic N) is 1. The SMILES string of the molecule is CC(C)CCN(C)Cc1cc(Br)c(O)c(Br)c1. The Morgan fingerprint density at radius 2 is 1.76 bits per heavy atom. The predicted octanol–water partition coefficient (Wildman–Crippen LogP) is 4.40. The number of phenols is 1. The van der Waals surface area contributed by atoms with Crippen LogP contribution < -0.4 is 0 Å². The van der Waals surface area contributed by atoms with Crippen LogP contribution >= 0.6 is 31.9 Å². The highest BCUT2D eigenvalue weighted by Gasteiger charge is 2.08. The van der Waals surface area contributed by atoms with Gasteiger partial charge in [0.1, 0.15) is 5.75 Å². The molecular weight excluding hydrogens is 346 g/mol. The zero-order chi connectivity index (χ0) is 13.0. The van der Waals surface area contributed by atoms with Gasteiger partial charge in [0.2, 0.25) is 0 Å². The average molecular weight is 365 g/mol. The number of phenolic OH excluding ortho intramolecular Hbond substituents is 1. The summed E-state index contributed by atoms with van der Waals surface area (Å²) in [6.07, 6.45) is 1.21. The summed E-state index contributed by atoms with van der Waals surface area (Å²) < 4.78 is 1.47. The van der Waals surface area contributed by atoms with Crippen LogP contribution in [0.4, 0.5) is 0 Å². The van der Waals surface area contributed by atoms with E-state index in [-0.39, 0.29) is 5.75 Å². The van der Waals surface area contributed by atoms with Crippen LogP contribution in [-0.2, 0) is 6.54 Å². The maximum atomic E-state index is 9.63. The molecule has 96 valence electrons. The molecule has 0 fully saturated rings. The lowest BCUT2D eigenvalue weighted by Crippen LogP contribution is -2.20. The summed E-state index contributed by atoms with van der Waals surface area (Å²) in [6, 6.07) is 3.93. The minimum absolute atomic E-state index is 0.263. The smallest absolute Gasteiger partial charge is 0.143 e. The van der Waals surface area contributed by atoms with Gasteiger partial charge in [0.15, 0.2) is 0 Å². The third-order valence-corrected chi connectivity index (χ3v) is 3.83. The van der Waals surface area contributed by atoms with Crippen LogP contribution in [0.5, 0.6) is 5.75 Å². The quantitative estimate of drug-likeness (QED) is 0.837. The fraction of sp³-hybridized carbons (Fsp3) is 0.538. The second-order valence-corrected chi connectivity index (χ2v) is 6.54. The molecule has 0 unspecified atom stereocenters. The molecule has 1 rings (SSSR count). The maximum Gasteiger partial charge on any atom is 0.143 e. The molecule has 0 aliphatic heterocycles. The van der Waals surface area contributed by atoms with Crippen molar-refractivity contribution in [1.82, 2.24) is 4.90 Å². The van der Waals surface area contributed by atoms with Gasteiger partial charge in [-0.2, -0.15) is 0 Å². The summed E-state index contributed by atoms with van der Waals surface area (Å²) in [5.41, 5.74) is 1.19. The lowest BCUT2D eigenvalue weighted by molar-refractivity contribution is 0.303. The van der Waals surface area contributed by atoms with E-state index in [4.69, 9.17) is 0 Å². The number of hydrogen-bond donors (Lipinski definition) is 1. The molecule has 1 N–H and O–H groups in total. The van der Waals surface area contributed by atoms with Crippen molar-refractivity contribution in [2.45, 2.75) is 26.8 Å². The lowest BCUT2D eigenvalue weighted by atomic mass is 10.1. The van der Waals surface area contributed by atoms with Gasteiger partial charge in [0, 0.05) is 6.54 Å². The third kappa shape index (κ3) is 4.98. The number of aromatic hydroxyl groups is 1. The maximum absolute atomic E-state index is 9.63. The second kappa shape index (κ2) is 6.76. The van der Waals surface area contributed by atoms with Crippen molar-refractivity contribution >= 4 is 31.9 Å². The van der Waals surface area contributed by atoms with E-state index in [0.717, 1.165) is 28.0 Å². The van der Waals surface area contributed by atoms with Gasteiger partial charge in [-0.25, -0.2) is 0 Å². The first-order valence-corrected chi connectivity index (χ1v) is 7.34. The Bertz CT molecular complexity index is 357. The van der Waals surface area contributed by atoms with Crippen molar-refractivity contribution in [3.8, 4) is 5.75 Å². The molecule has 2 nitrogen and oxygen atoms in total. The van der Waals surface area contributed by atoms with Crippen LogP contribution in [-0.4, -0.2) is 23.6 Å². The highest BCUT2D eigenvalue weighted by Crippen LogP contribution is 2.33. The van der Waals surface area contributed by atoms with Gasteiger partial charge >= 0.3 is 0 Å². The Morgan fingerprint density at radius 1 is 1.24 bits per heavy atom. The summed E-state index contributed by atoms with van der Waals surface area (Å²) in [4.78, 5) is 2.30. The number of halogens is 2. The number of hydrogen-bond acceptors (Lipinski definition) is 2. The van der Waals surface area contributed by atoms with Gasteiger partial charge in [-0.1, -0.05) is 13.8 Å². The summed E-state index contributed by atoms with van der Waals surface area (Å²) in [7, 11) is 2.12. The van der Waals surface area contributed by atoms with E-state index in [1.165, 1.54) is 12.0 Å². The van der Waals surface area contributed by atoms with Crippen molar-refractivity contribution in [2.75, 3.05) is 13.6 Å². The van der Waals surface area contributed by atoms with Crippen LogP contribution in [0.15, 0.2) is 21.1 Å². The predicted molar refractivity (Wildman–Crippen MR) is 79.3 cm³/mol. The highest BCUT2D eigenvalue weighted by molar-refractivity contribution is 9.11. The third-order valence-electron chi connectivity index (χ3n) is 2.62. The summed E-state index contributed by atoms with van der Waals surface area (Å²) in [5, 5.41) is 9.63. The molecule has 0 amide bonds. The van der Waals surface area contributed by atoms with Gasteiger partial charge in [0.25, 0.3) is 0 Å². The van der Waals surface area contributed by atoms with Gasteiger partial charge in [-0.15, -0.1) is 0 Å². The second-order valence-electron chi connectivity index (χ2n) is 4.83. The fourth-order valence-electron chi connectivity index (χ4n) is 1.58. The Balaban J connectivity index is 2.62. The Morgan fingerprint density at radius 3 is 2.24 bits per heavy atom. The van der Waals surface area contributed by atoms with Gasteiger partial charge in [-0.3, -0.25) is 0 Å². The molecule has 0 radical (unpaired) electrons. The normalized spacial score (nSPS) is 11.5. The summed E-state index contributed by atoms with van der Waals surface area (Å²) in [6.45, 7) is 6.46. The first kappa shape index (κ1) is 15.0. The Hall–Kier alpha value is -0.0600. The fourth-order valence-corrected chi connectivity index (χ4v) is 2.86. The molecule has 0 aliphatic rings. The van der Waals surface area contributed by atoms with E-state index in [9.17, 15) is 5.11 Å². The van der Waals surface area contributed by atoms with Crippen molar-refractivity contribution in [3.63, 3.8) is 0 Å². The van der Waals surface area contributed by atoms with E-state index in [0.29, 0.717) is 0 Å². The minimum Gasteiger partial charge on any atom is -0.506 e. The molecule has 0 aliphatic carbocycles. The Labute approximate surface area is 120 Å². The largest absolute Gasteiger partial charge is 0.506 e. The molecule has 4 heteroatoms. The van der Waals surface area contributed by atoms with E-state index in [1.54, 1.807) is 0 Å². The number of benzene rings is 1. The molecule has 1 aromatic carbocycles. The van der Waals surface area contributed by atoms with Crippen LogP contribution in [0.3, 0.4) is 0 Å². The van der Waals surface area contributed by atoms with E-state index < -0.39 is 0 Å². The zero-order valence-corrected chi connectivity index (χ0v) is 13.7. The molecule has 17 heavy (non-hydrogen) atoms. The first-order chi connectivity index (χ1) is 7.90. The van der Waals surface area contributed by atoms with Crippen molar-refractivity contribution in [3.05, 3.63) is 26.6 Å². The van der Waals surface area contributed by atoms with Gasteiger partial charge < -0.3 is 10.0 Å². The molecular formula is C13H19Br2NO. The van der Waals surface area contributed by atoms with Crippen LogP contribution in [0.1, 0.15) is 25.8 Å². The molecule has 1 aromatic rings. The first-order valence-electron chi connectivity index (χ1n) is 5.75. The molecule has 0 aromatic heterocycles.